The lowest BCUT2D eigenvalue weighted by Crippen LogP contribution is -2.42. The van der Waals surface area contributed by atoms with Gasteiger partial charge in [-0.3, -0.25) is 4.90 Å². The molecule has 2 aliphatic rings. The highest BCUT2D eigenvalue weighted by molar-refractivity contribution is 5.81. The van der Waals surface area contributed by atoms with Gasteiger partial charge in [-0.1, -0.05) is 25.5 Å². The van der Waals surface area contributed by atoms with Gasteiger partial charge in [-0.25, -0.2) is 14.0 Å². The second-order valence-electron chi connectivity index (χ2n) is 12.8. The number of amides is 2. The van der Waals surface area contributed by atoms with Gasteiger partial charge in [-0.05, 0) is 87.4 Å². The van der Waals surface area contributed by atoms with Gasteiger partial charge in [0.25, 0.3) is 0 Å². The Morgan fingerprint density at radius 2 is 1.80 bits per heavy atom. The molecule has 1 saturated heterocycles. The number of methoxy groups -OCH3 is 1. The number of cyclic esters (lactones) is 1. The topological polar surface area (TPSA) is 68.3 Å². The summed E-state index contributed by atoms with van der Waals surface area (Å²) in [7, 11) is 1.43. The number of alkyl halides is 3. The fraction of sp³-hybridized carbons (Fsp3) is 0.515. The highest BCUT2D eigenvalue weighted by Gasteiger charge is 2.42. The summed E-state index contributed by atoms with van der Waals surface area (Å²) in [6, 6.07) is 6.11. The van der Waals surface area contributed by atoms with Gasteiger partial charge < -0.3 is 19.1 Å². The smallest absolute Gasteiger partial charge is 0.416 e. The van der Waals surface area contributed by atoms with E-state index in [-0.39, 0.29) is 30.3 Å². The Kier molecular flexibility index (Phi) is 9.28. The van der Waals surface area contributed by atoms with Crippen LogP contribution in [-0.4, -0.2) is 60.4 Å². The van der Waals surface area contributed by atoms with Gasteiger partial charge >= 0.3 is 18.4 Å². The van der Waals surface area contributed by atoms with Crippen molar-refractivity contribution in [2.45, 2.75) is 84.7 Å². The van der Waals surface area contributed by atoms with Crippen LogP contribution in [0.15, 0.2) is 35.9 Å². The van der Waals surface area contributed by atoms with Crippen molar-refractivity contribution in [2.24, 2.45) is 0 Å². The lowest BCUT2D eigenvalue weighted by molar-refractivity contribution is -0.137. The SMILES string of the molecule is COc1cc(F)c(C(C)C)cc1C1=C(CN2C(=O)O[C@H](c3cc(C)cc(C(F)(F)F)c3)[C@@H]2C)CCN(C(=O)OC(C)(C)C)C1. The molecule has 0 aliphatic carbocycles. The van der Waals surface area contributed by atoms with Crippen molar-refractivity contribution >= 4 is 17.8 Å². The molecule has 2 aromatic rings. The molecule has 0 unspecified atom stereocenters. The van der Waals surface area contributed by atoms with E-state index in [1.807, 2.05) is 13.8 Å². The van der Waals surface area contributed by atoms with Crippen LogP contribution in [0.1, 0.15) is 87.8 Å². The maximum atomic E-state index is 15.0. The highest BCUT2D eigenvalue weighted by Crippen LogP contribution is 2.40. The summed E-state index contributed by atoms with van der Waals surface area (Å²) in [5, 5.41) is 0. The van der Waals surface area contributed by atoms with E-state index in [1.165, 1.54) is 18.1 Å². The molecule has 2 aliphatic heterocycles. The molecule has 11 heteroatoms. The third-order valence-electron chi connectivity index (χ3n) is 7.89. The molecule has 2 atom stereocenters. The predicted octanol–water partition coefficient (Wildman–Crippen LogP) is 8.26. The summed E-state index contributed by atoms with van der Waals surface area (Å²) in [5.74, 6) is -0.280. The summed E-state index contributed by atoms with van der Waals surface area (Å²) >= 11 is 0. The minimum absolute atomic E-state index is 0.101. The van der Waals surface area contributed by atoms with Crippen molar-refractivity contribution in [3.63, 3.8) is 0 Å². The normalized spacial score (nSPS) is 19.5. The molecule has 0 spiro atoms. The second-order valence-corrected chi connectivity index (χ2v) is 12.8. The average Bonchev–Trinajstić information content (AvgIpc) is 3.19. The number of aryl methyl sites for hydroxylation is 1. The van der Waals surface area contributed by atoms with Crippen molar-refractivity contribution in [3.05, 3.63) is 69.5 Å². The van der Waals surface area contributed by atoms with Gasteiger partial charge in [0.2, 0.25) is 0 Å². The molecular weight excluding hydrogens is 580 g/mol. The number of rotatable bonds is 6. The largest absolute Gasteiger partial charge is 0.496 e. The van der Waals surface area contributed by atoms with Gasteiger partial charge in [-0.15, -0.1) is 0 Å². The van der Waals surface area contributed by atoms with Gasteiger partial charge in [-0.2, -0.15) is 13.2 Å². The monoisotopic (exact) mass is 620 g/mol. The van der Waals surface area contributed by atoms with Crippen LogP contribution in [0.25, 0.3) is 5.57 Å². The first-order valence-corrected chi connectivity index (χ1v) is 14.6. The van der Waals surface area contributed by atoms with Crippen LogP contribution in [0.4, 0.5) is 27.2 Å². The summed E-state index contributed by atoms with van der Waals surface area (Å²) in [6.45, 7) is 12.9. The Hall–Kier alpha value is -3.76. The first kappa shape index (κ1) is 33.1. The van der Waals surface area contributed by atoms with E-state index in [0.29, 0.717) is 35.2 Å². The van der Waals surface area contributed by atoms with E-state index in [9.17, 15) is 27.2 Å². The molecule has 0 saturated carbocycles. The zero-order valence-electron chi connectivity index (χ0n) is 26.4. The van der Waals surface area contributed by atoms with Crippen LogP contribution in [0.3, 0.4) is 0 Å². The molecule has 4 rings (SSSR count). The molecule has 2 aromatic carbocycles. The Morgan fingerprint density at radius 1 is 1.11 bits per heavy atom. The number of carbonyl (C=O) groups is 2. The number of benzene rings is 2. The summed E-state index contributed by atoms with van der Waals surface area (Å²) in [5.41, 5.74) is 1.68. The number of hydrogen-bond acceptors (Lipinski definition) is 5. The van der Waals surface area contributed by atoms with Crippen molar-refractivity contribution in [3.8, 4) is 5.75 Å². The Morgan fingerprint density at radius 3 is 2.39 bits per heavy atom. The highest BCUT2D eigenvalue weighted by atomic mass is 19.4. The fourth-order valence-corrected chi connectivity index (χ4v) is 5.66. The standard InChI is InChI=1S/C33H40F4N2O5/c1-18(2)24-14-25(28(42-8)15-27(24)34)26-17-38(30(40)44-32(5,6)7)10-9-21(26)16-39-20(4)29(43-31(39)41)22-11-19(3)12-23(13-22)33(35,36)37/h11-15,18,20,29H,9-10,16-17H2,1-8H3/t20-,29-/m0/s1. The molecular formula is C33H40F4N2O5. The van der Waals surface area contributed by atoms with E-state index in [4.69, 9.17) is 14.2 Å². The quantitative estimate of drug-likeness (QED) is 0.304. The minimum Gasteiger partial charge on any atom is -0.496 e. The lowest BCUT2D eigenvalue weighted by atomic mass is 9.89. The van der Waals surface area contributed by atoms with Gasteiger partial charge in [0.05, 0.1) is 18.7 Å². The second kappa shape index (κ2) is 12.3. The average molecular weight is 621 g/mol. The number of nitrogens with zero attached hydrogens (tertiary/aromatic N) is 2. The molecule has 1 fully saturated rings. The summed E-state index contributed by atoms with van der Waals surface area (Å²) < 4.78 is 72.4. The molecule has 2 amide bonds. The number of ether oxygens (including phenoxy) is 3. The molecule has 0 radical (unpaired) electrons. The molecule has 44 heavy (non-hydrogen) atoms. The number of carbonyl (C=O) groups excluding carboxylic acids is 2. The molecule has 0 bridgehead atoms. The van der Waals surface area contributed by atoms with E-state index < -0.39 is 47.5 Å². The van der Waals surface area contributed by atoms with E-state index >= 15 is 0 Å². The Bertz CT molecular complexity index is 1460. The number of halogens is 4. The van der Waals surface area contributed by atoms with Crippen molar-refractivity contribution in [2.75, 3.05) is 26.7 Å². The van der Waals surface area contributed by atoms with E-state index in [2.05, 4.69) is 0 Å². The molecule has 2 heterocycles. The summed E-state index contributed by atoms with van der Waals surface area (Å²) in [4.78, 5) is 29.3. The van der Waals surface area contributed by atoms with Crippen LogP contribution >= 0.6 is 0 Å². The third-order valence-corrected chi connectivity index (χ3v) is 7.89. The van der Waals surface area contributed by atoms with Crippen LogP contribution in [0.5, 0.6) is 5.75 Å². The Labute approximate surface area is 255 Å². The van der Waals surface area contributed by atoms with Crippen LogP contribution < -0.4 is 4.74 Å². The third kappa shape index (κ3) is 7.13. The summed E-state index contributed by atoms with van der Waals surface area (Å²) in [6.07, 6.45) is -6.25. The van der Waals surface area contributed by atoms with Crippen LogP contribution in [-0.2, 0) is 15.7 Å². The molecule has 240 valence electrons. The van der Waals surface area contributed by atoms with Gasteiger partial charge in [0, 0.05) is 31.3 Å². The maximum Gasteiger partial charge on any atom is 0.416 e. The van der Waals surface area contributed by atoms with E-state index in [0.717, 1.165) is 17.7 Å². The molecule has 0 aromatic heterocycles. The van der Waals surface area contributed by atoms with Gasteiger partial charge in [0.15, 0.2) is 0 Å². The predicted molar refractivity (Wildman–Crippen MR) is 158 cm³/mol. The van der Waals surface area contributed by atoms with E-state index in [1.54, 1.807) is 51.7 Å². The van der Waals surface area contributed by atoms with Crippen LogP contribution in [0, 0.1) is 12.7 Å². The zero-order chi connectivity index (χ0) is 32.7. The Balaban J connectivity index is 1.75. The van der Waals surface area contributed by atoms with Crippen molar-refractivity contribution < 1.29 is 41.4 Å². The van der Waals surface area contributed by atoms with Crippen molar-refractivity contribution in [1.82, 2.24) is 9.80 Å². The van der Waals surface area contributed by atoms with Crippen molar-refractivity contribution in [1.29, 1.82) is 0 Å². The fourth-order valence-electron chi connectivity index (χ4n) is 5.66. The van der Waals surface area contributed by atoms with Gasteiger partial charge in [0.1, 0.15) is 23.3 Å². The minimum atomic E-state index is -4.54. The zero-order valence-corrected chi connectivity index (χ0v) is 26.4. The first-order chi connectivity index (χ1) is 20.4. The maximum absolute atomic E-state index is 15.0. The molecule has 7 nitrogen and oxygen atoms in total. The number of hydrogen-bond donors (Lipinski definition) is 0. The van der Waals surface area contributed by atoms with Crippen LogP contribution in [0.2, 0.25) is 0 Å². The molecule has 0 N–H and O–H groups in total. The lowest BCUT2D eigenvalue weighted by Gasteiger charge is -2.35. The first-order valence-electron chi connectivity index (χ1n) is 14.6.